The molecule has 0 unspecified atom stereocenters. The van der Waals surface area contributed by atoms with Gasteiger partial charge in [-0.15, -0.1) is 0 Å². The first-order valence-electron chi connectivity index (χ1n) is 12.2. The molecule has 1 saturated carbocycles. The van der Waals surface area contributed by atoms with Crippen molar-refractivity contribution in [3.8, 4) is 34.2 Å². The Hall–Kier alpha value is -4.19. The van der Waals surface area contributed by atoms with Gasteiger partial charge in [0.05, 0.1) is 18.8 Å². The number of nitrogens with zero attached hydrogens (tertiary/aromatic N) is 4. The zero-order chi connectivity index (χ0) is 26.2. The Kier molecular flexibility index (Phi) is 6.20. The molecule has 9 heteroatoms. The first-order valence-corrected chi connectivity index (χ1v) is 12.2. The third kappa shape index (κ3) is 5.48. The van der Waals surface area contributed by atoms with Crippen LogP contribution in [0.15, 0.2) is 48.8 Å². The molecule has 0 saturated heterocycles. The third-order valence-corrected chi connectivity index (χ3v) is 6.25. The lowest BCUT2D eigenvalue weighted by Crippen LogP contribution is -2.40. The lowest BCUT2D eigenvalue weighted by atomic mass is 9.99. The van der Waals surface area contributed by atoms with Gasteiger partial charge in [-0.05, 0) is 81.5 Å². The number of benzene rings is 1. The van der Waals surface area contributed by atoms with E-state index < -0.39 is 17.2 Å². The van der Waals surface area contributed by atoms with Gasteiger partial charge in [-0.25, -0.2) is 9.18 Å². The zero-order valence-electron chi connectivity index (χ0n) is 21.0. The van der Waals surface area contributed by atoms with Crippen LogP contribution in [-0.4, -0.2) is 49.3 Å². The van der Waals surface area contributed by atoms with Crippen LogP contribution in [0.5, 0.6) is 0 Å². The molecule has 0 bridgehead atoms. The Morgan fingerprint density at radius 1 is 1.05 bits per heavy atom. The van der Waals surface area contributed by atoms with E-state index in [0.717, 1.165) is 28.1 Å². The van der Waals surface area contributed by atoms with E-state index in [1.807, 2.05) is 16.8 Å². The third-order valence-electron chi connectivity index (χ3n) is 6.25. The van der Waals surface area contributed by atoms with Gasteiger partial charge in [0.25, 0.3) is 5.91 Å². The summed E-state index contributed by atoms with van der Waals surface area (Å²) in [7, 11) is 0. The largest absolute Gasteiger partial charge is 0.444 e. The number of hydrogen-bond acceptors (Lipinski definition) is 5. The molecule has 37 heavy (non-hydrogen) atoms. The number of nitrogens with one attached hydrogen (secondary N) is 1. The highest BCUT2D eigenvalue weighted by molar-refractivity contribution is 5.94. The molecule has 2 aliphatic rings. The summed E-state index contributed by atoms with van der Waals surface area (Å²) in [6, 6.07) is 10.0. The quantitative estimate of drug-likeness (QED) is 0.545. The molecule has 3 heterocycles. The molecule has 5 rings (SSSR count). The Morgan fingerprint density at radius 3 is 2.41 bits per heavy atom. The first kappa shape index (κ1) is 24.5. The second-order valence-corrected chi connectivity index (χ2v) is 10.3. The predicted molar refractivity (Wildman–Crippen MR) is 135 cm³/mol. The van der Waals surface area contributed by atoms with Gasteiger partial charge in [-0.3, -0.25) is 14.5 Å². The second kappa shape index (κ2) is 9.36. The molecule has 0 radical (unpaired) electrons. The van der Waals surface area contributed by atoms with E-state index in [9.17, 15) is 14.0 Å². The Bertz CT molecular complexity index is 1390. The molecule has 2 amide bonds. The minimum Gasteiger partial charge on any atom is -0.444 e. The van der Waals surface area contributed by atoms with E-state index in [4.69, 9.17) is 9.84 Å². The second-order valence-electron chi connectivity index (χ2n) is 10.3. The maximum absolute atomic E-state index is 13.6. The van der Waals surface area contributed by atoms with Gasteiger partial charge in [0.1, 0.15) is 22.7 Å². The van der Waals surface area contributed by atoms with Crippen molar-refractivity contribution in [1.29, 1.82) is 0 Å². The zero-order valence-corrected chi connectivity index (χ0v) is 21.0. The Labute approximate surface area is 214 Å². The first-order chi connectivity index (χ1) is 17.6. The minimum atomic E-state index is -0.715. The number of alkyl carbamates (subject to hydrolysis) is 1. The molecule has 3 aromatic rings. The maximum atomic E-state index is 13.6. The summed E-state index contributed by atoms with van der Waals surface area (Å²) in [4.78, 5) is 31.1. The summed E-state index contributed by atoms with van der Waals surface area (Å²) in [6.45, 7) is 6.67. The Balaban J connectivity index is 1.39. The van der Waals surface area contributed by atoms with Crippen LogP contribution < -0.4 is 5.32 Å². The van der Waals surface area contributed by atoms with Crippen molar-refractivity contribution < 1.29 is 18.7 Å². The summed E-state index contributed by atoms with van der Waals surface area (Å²) < 4.78 is 20.8. The number of aromatic nitrogens is 3. The number of carbonyl (C=O) groups is 2. The summed E-state index contributed by atoms with van der Waals surface area (Å²) in [5.74, 6) is 5.09. The van der Waals surface area contributed by atoms with Crippen LogP contribution in [0.3, 0.4) is 0 Å². The molecule has 1 aromatic carbocycles. The average molecular weight is 502 g/mol. The van der Waals surface area contributed by atoms with Crippen molar-refractivity contribution in [3.63, 3.8) is 0 Å². The normalized spacial score (nSPS) is 15.7. The van der Waals surface area contributed by atoms with Gasteiger partial charge in [0.2, 0.25) is 0 Å². The van der Waals surface area contributed by atoms with Crippen LogP contribution in [0.1, 0.15) is 39.3 Å². The molecule has 0 atom stereocenters. The fourth-order valence-electron chi connectivity index (χ4n) is 4.28. The highest BCUT2D eigenvalue weighted by Gasteiger charge is 2.44. The number of fused-ring (bicyclic) bond motifs is 1. The fraction of sp³-hybridized carbons (Fsp3) is 0.357. The minimum absolute atomic E-state index is 0.311. The van der Waals surface area contributed by atoms with Crippen molar-refractivity contribution in [2.75, 3.05) is 6.54 Å². The van der Waals surface area contributed by atoms with Gasteiger partial charge >= 0.3 is 6.09 Å². The number of pyridine rings is 1. The monoisotopic (exact) mass is 501 g/mol. The van der Waals surface area contributed by atoms with Gasteiger partial charge in [-0.2, -0.15) is 5.10 Å². The average Bonchev–Trinajstić information content (AvgIpc) is 3.51. The lowest BCUT2D eigenvalue weighted by Gasteiger charge is -2.27. The summed E-state index contributed by atoms with van der Waals surface area (Å²) in [5.41, 5.74) is 2.85. The van der Waals surface area contributed by atoms with Gasteiger partial charge in [0, 0.05) is 30.1 Å². The number of halogens is 1. The number of hydrogen-bond donors (Lipinski definition) is 1. The Morgan fingerprint density at radius 2 is 1.76 bits per heavy atom. The number of rotatable bonds is 3. The van der Waals surface area contributed by atoms with Crippen LogP contribution in [0.25, 0.3) is 22.4 Å². The lowest BCUT2D eigenvalue weighted by molar-refractivity contribution is -0.126. The van der Waals surface area contributed by atoms with Crippen LogP contribution >= 0.6 is 0 Å². The molecular weight excluding hydrogens is 473 g/mol. The predicted octanol–water partition coefficient (Wildman–Crippen LogP) is 4.15. The number of amides is 2. The van der Waals surface area contributed by atoms with Crippen molar-refractivity contribution in [3.05, 3.63) is 60.3 Å². The molecule has 0 spiro atoms. The van der Waals surface area contributed by atoms with Crippen LogP contribution in [0, 0.1) is 17.7 Å². The van der Waals surface area contributed by atoms with E-state index in [1.54, 1.807) is 50.2 Å². The summed E-state index contributed by atoms with van der Waals surface area (Å²) in [6.07, 6.45) is 4.22. The van der Waals surface area contributed by atoms with Gasteiger partial charge < -0.3 is 15.0 Å². The topological polar surface area (TPSA) is 89.4 Å². The SMILES string of the molecule is CC(C)(C)OC(=O)NC1(C#CC(=O)N2CCn3nc(-c4ccc(F)cc4)c(-c4ccncc4)c3C2)CC1. The van der Waals surface area contributed by atoms with Crippen LogP contribution in [-0.2, 0) is 22.6 Å². The van der Waals surface area contributed by atoms with E-state index in [-0.39, 0.29) is 11.7 Å². The number of carbonyl (C=O) groups excluding carboxylic acids is 2. The van der Waals surface area contributed by atoms with Crippen LogP contribution in [0.2, 0.25) is 0 Å². The van der Waals surface area contributed by atoms with E-state index in [0.29, 0.717) is 32.5 Å². The molecule has 1 aliphatic heterocycles. The van der Waals surface area contributed by atoms with Crippen molar-refractivity contribution in [2.24, 2.45) is 0 Å². The highest BCUT2D eigenvalue weighted by atomic mass is 19.1. The van der Waals surface area contributed by atoms with E-state index >= 15 is 0 Å². The fourth-order valence-corrected chi connectivity index (χ4v) is 4.28. The van der Waals surface area contributed by atoms with Crippen molar-refractivity contribution in [1.82, 2.24) is 25.0 Å². The smallest absolute Gasteiger partial charge is 0.408 e. The summed E-state index contributed by atoms with van der Waals surface area (Å²) >= 11 is 0. The molecule has 190 valence electrons. The van der Waals surface area contributed by atoms with Gasteiger partial charge in [-0.1, -0.05) is 5.92 Å². The summed E-state index contributed by atoms with van der Waals surface area (Å²) in [5, 5.41) is 7.62. The number of ether oxygens (including phenoxy) is 1. The van der Waals surface area contributed by atoms with Gasteiger partial charge in [0.15, 0.2) is 0 Å². The maximum Gasteiger partial charge on any atom is 0.408 e. The molecule has 8 nitrogen and oxygen atoms in total. The molecule has 2 aromatic heterocycles. The standard InChI is InChI=1S/C28H28FN5O3/c1-27(2,3)37-26(36)31-28(12-13-28)11-8-23(35)33-16-17-34-22(18-33)24(19-9-14-30-15-10-19)25(32-34)20-4-6-21(29)7-5-20/h4-7,9-10,14-15H,12-13,16-18H2,1-3H3,(H,31,36). The van der Waals surface area contributed by atoms with E-state index in [1.165, 1.54) is 12.1 Å². The van der Waals surface area contributed by atoms with Crippen molar-refractivity contribution >= 4 is 12.0 Å². The highest BCUT2D eigenvalue weighted by Crippen LogP contribution is 2.37. The van der Waals surface area contributed by atoms with Crippen LogP contribution in [0.4, 0.5) is 9.18 Å². The van der Waals surface area contributed by atoms with E-state index in [2.05, 4.69) is 22.1 Å². The molecular formula is C28H28FN5O3. The molecule has 1 aliphatic carbocycles. The molecule has 1 N–H and O–H groups in total. The molecule has 1 fully saturated rings. The van der Waals surface area contributed by atoms with Crippen molar-refractivity contribution in [2.45, 2.75) is 57.8 Å².